The largest absolute Gasteiger partial charge is 0.423 e. The van der Waals surface area contributed by atoms with Crippen molar-refractivity contribution in [3.8, 4) is 0 Å². The SMILES string of the molecule is O=C(NCc1cccnc1)C1CCN(c2nc3ccccc3o2)CC1. The van der Waals surface area contributed by atoms with E-state index in [0.29, 0.717) is 12.6 Å². The smallest absolute Gasteiger partial charge is 0.298 e. The summed E-state index contributed by atoms with van der Waals surface area (Å²) in [6, 6.07) is 12.2. The van der Waals surface area contributed by atoms with Gasteiger partial charge in [0, 0.05) is 37.9 Å². The zero-order valence-electron chi connectivity index (χ0n) is 13.9. The molecule has 0 aliphatic carbocycles. The molecule has 0 radical (unpaired) electrons. The van der Waals surface area contributed by atoms with Crippen molar-refractivity contribution in [2.75, 3.05) is 18.0 Å². The van der Waals surface area contributed by atoms with Gasteiger partial charge >= 0.3 is 0 Å². The number of hydrogen-bond donors (Lipinski definition) is 1. The van der Waals surface area contributed by atoms with Crippen LogP contribution in [0.2, 0.25) is 0 Å². The Kier molecular flexibility index (Phi) is 4.33. The first-order valence-electron chi connectivity index (χ1n) is 8.57. The molecule has 1 saturated heterocycles. The maximum absolute atomic E-state index is 12.4. The van der Waals surface area contributed by atoms with Crippen molar-refractivity contribution in [3.05, 3.63) is 54.4 Å². The Labute approximate surface area is 145 Å². The molecule has 1 aliphatic heterocycles. The van der Waals surface area contributed by atoms with Gasteiger partial charge in [0.25, 0.3) is 6.01 Å². The standard InChI is InChI=1S/C19H20N4O2/c24-18(21-13-14-4-3-9-20-12-14)15-7-10-23(11-8-15)19-22-16-5-1-2-6-17(16)25-19/h1-6,9,12,15H,7-8,10-11,13H2,(H,21,24). The van der Waals surface area contributed by atoms with Crippen LogP contribution in [0.25, 0.3) is 11.1 Å². The van der Waals surface area contributed by atoms with Gasteiger partial charge in [-0.2, -0.15) is 4.98 Å². The summed E-state index contributed by atoms with van der Waals surface area (Å²) < 4.78 is 5.82. The fourth-order valence-electron chi connectivity index (χ4n) is 3.16. The lowest BCUT2D eigenvalue weighted by Crippen LogP contribution is -2.40. The normalized spacial score (nSPS) is 15.4. The van der Waals surface area contributed by atoms with Gasteiger partial charge in [-0.1, -0.05) is 18.2 Å². The van der Waals surface area contributed by atoms with E-state index >= 15 is 0 Å². The van der Waals surface area contributed by atoms with E-state index in [1.807, 2.05) is 36.4 Å². The highest BCUT2D eigenvalue weighted by Crippen LogP contribution is 2.26. The minimum atomic E-state index is 0.0392. The van der Waals surface area contributed by atoms with Gasteiger partial charge in [-0.05, 0) is 36.6 Å². The van der Waals surface area contributed by atoms with Crippen LogP contribution >= 0.6 is 0 Å². The number of piperidine rings is 1. The number of nitrogens with zero attached hydrogens (tertiary/aromatic N) is 3. The van der Waals surface area contributed by atoms with E-state index < -0.39 is 0 Å². The highest BCUT2D eigenvalue weighted by molar-refractivity contribution is 5.79. The van der Waals surface area contributed by atoms with E-state index in [-0.39, 0.29) is 11.8 Å². The highest BCUT2D eigenvalue weighted by atomic mass is 16.4. The second kappa shape index (κ2) is 6.93. The van der Waals surface area contributed by atoms with Gasteiger partial charge in [0.1, 0.15) is 5.52 Å². The molecule has 3 aromatic rings. The van der Waals surface area contributed by atoms with E-state index in [4.69, 9.17) is 4.42 Å². The molecule has 3 heterocycles. The molecule has 6 heteroatoms. The number of fused-ring (bicyclic) bond motifs is 1. The number of anilines is 1. The molecule has 0 bridgehead atoms. The minimum Gasteiger partial charge on any atom is -0.423 e. The molecule has 25 heavy (non-hydrogen) atoms. The summed E-state index contributed by atoms with van der Waals surface area (Å²) in [5.74, 6) is 0.151. The summed E-state index contributed by atoms with van der Waals surface area (Å²) in [4.78, 5) is 23.1. The highest BCUT2D eigenvalue weighted by Gasteiger charge is 2.27. The summed E-state index contributed by atoms with van der Waals surface area (Å²) >= 11 is 0. The minimum absolute atomic E-state index is 0.0392. The van der Waals surface area contributed by atoms with Crippen molar-refractivity contribution in [1.82, 2.24) is 15.3 Å². The lowest BCUT2D eigenvalue weighted by molar-refractivity contribution is -0.125. The van der Waals surface area contributed by atoms with Crippen molar-refractivity contribution < 1.29 is 9.21 Å². The first-order valence-corrected chi connectivity index (χ1v) is 8.57. The summed E-state index contributed by atoms with van der Waals surface area (Å²) in [6.45, 7) is 2.08. The number of hydrogen-bond acceptors (Lipinski definition) is 5. The van der Waals surface area contributed by atoms with Crippen LogP contribution in [-0.2, 0) is 11.3 Å². The molecule has 4 rings (SSSR count). The third kappa shape index (κ3) is 3.47. The molecule has 1 amide bonds. The molecule has 0 saturated carbocycles. The average molecular weight is 336 g/mol. The van der Waals surface area contributed by atoms with Gasteiger partial charge in [0.15, 0.2) is 5.58 Å². The van der Waals surface area contributed by atoms with Gasteiger partial charge < -0.3 is 14.6 Å². The summed E-state index contributed by atoms with van der Waals surface area (Å²) in [7, 11) is 0. The Morgan fingerprint density at radius 1 is 1.20 bits per heavy atom. The van der Waals surface area contributed by atoms with Crippen LogP contribution < -0.4 is 10.2 Å². The number of aromatic nitrogens is 2. The zero-order chi connectivity index (χ0) is 17.1. The summed E-state index contributed by atoms with van der Waals surface area (Å²) in [6.07, 6.45) is 5.11. The predicted molar refractivity (Wildman–Crippen MR) is 95.0 cm³/mol. The fraction of sp³-hybridized carbons (Fsp3) is 0.316. The molecule has 1 aliphatic rings. The monoisotopic (exact) mass is 336 g/mol. The lowest BCUT2D eigenvalue weighted by atomic mass is 9.96. The van der Waals surface area contributed by atoms with E-state index in [0.717, 1.165) is 42.6 Å². The van der Waals surface area contributed by atoms with Crippen LogP contribution in [0.15, 0.2) is 53.2 Å². The maximum atomic E-state index is 12.4. The number of pyridine rings is 1. The van der Waals surface area contributed by atoms with Gasteiger partial charge in [0.2, 0.25) is 5.91 Å². The summed E-state index contributed by atoms with van der Waals surface area (Å²) in [5.41, 5.74) is 2.68. The predicted octanol–water partition coefficient (Wildman–Crippen LogP) is 2.76. The van der Waals surface area contributed by atoms with Crippen LogP contribution in [0.3, 0.4) is 0 Å². The molecule has 0 spiro atoms. The van der Waals surface area contributed by atoms with E-state index in [1.165, 1.54) is 0 Å². The Morgan fingerprint density at radius 3 is 2.80 bits per heavy atom. The number of nitrogens with one attached hydrogen (secondary N) is 1. The number of carbonyl (C=O) groups is 1. The van der Waals surface area contributed by atoms with Gasteiger partial charge in [-0.25, -0.2) is 0 Å². The summed E-state index contributed by atoms with van der Waals surface area (Å²) in [5, 5.41) is 3.01. The molecular formula is C19H20N4O2. The molecule has 1 N–H and O–H groups in total. The molecular weight excluding hydrogens is 316 g/mol. The Balaban J connectivity index is 1.32. The Hall–Kier alpha value is -2.89. The third-order valence-electron chi connectivity index (χ3n) is 4.61. The van der Waals surface area contributed by atoms with Gasteiger partial charge in [-0.15, -0.1) is 0 Å². The molecule has 128 valence electrons. The van der Waals surface area contributed by atoms with Crippen molar-refractivity contribution >= 4 is 23.0 Å². The molecule has 6 nitrogen and oxygen atoms in total. The van der Waals surface area contributed by atoms with Crippen molar-refractivity contribution in [1.29, 1.82) is 0 Å². The topological polar surface area (TPSA) is 71.3 Å². The van der Waals surface area contributed by atoms with Crippen LogP contribution in [0.1, 0.15) is 18.4 Å². The average Bonchev–Trinajstić information content (AvgIpc) is 3.11. The molecule has 1 fully saturated rings. The van der Waals surface area contributed by atoms with Crippen LogP contribution in [0.4, 0.5) is 6.01 Å². The third-order valence-corrected chi connectivity index (χ3v) is 4.61. The van der Waals surface area contributed by atoms with Crippen LogP contribution in [0.5, 0.6) is 0 Å². The first kappa shape index (κ1) is 15.6. The molecule has 0 unspecified atom stereocenters. The van der Waals surface area contributed by atoms with Crippen LogP contribution in [0, 0.1) is 5.92 Å². The van der Waals surface area contributed by atoms with Crippen molar-refractivity contribution in [2.45, 2.75) is 19.4 Å². The Bertz CT molecular complexity index is 821. The number of benzene rings is 1. The van der Waals surface area contributed by atoms with E-state index in [1.54, 1.807) is 12.4 Å². The quantitative estimate of drug-likeness (QED) is 0.793. The van der Waals surface area contributed by atoms with E-state index in [2.05, 4.69) is 20.2 Å². The van der Waals surface area contributed by atoms with Gasteiger partial charge in [0.05, 0.1) is 0 Å². The molecule has 1 aromatic carbocycles. The number of carbonyl (C=O) groups excluding carboxylic acids is 1. The van der Waals surface area contributed by atoms with Gasteiger partial charge in [-0.3, -0.25) is 9.78 Å². The van der Waals surface area contributed by atoms with Crippen molar-refractivity contribution in [3.63, 3.8) is 0 Å². The number of amides is 1. The van der Waals surface area contributed by atoms with E-state index in [9.17, 15) is 4.79 Å². The number of oxazole rings is 1. The van der Waals surface area contributed by atoms with Crippen molar-refractivity contribution in [2.24, 2.45) is 5.92 Å². The lowest BCUT2D eigenvalue weighted by Gasteiger charge is -2.30. The van der Waals surface area contributed by atoms with Crippen LogP contribution in [-0.4, -0.2) is 29.0 Å². The molecule has 0 atom stereocenters. The second-order valence-electron chi connectivity index (χ2n) is 6.30. The Morgan fingerprint density at radius 2 is 2.04 bits per heavy atom. The zero-order valence-corrected chi connectivity index (χ0v) is 13.9. The first-order chi connectivity index (χ1) is 12.3. The number of rotatable bonds is 4. The fourth-order valence-corrected chi connectivity index (χ4v) is 3.16. The maximum Gasteiger partial charge on any atom is 0.298 e. The molecule has 2 aromatic heterocycles. The second-order valence-corrected chi connectivity index (χ2v) is 6.30. The number of para-hydroxylation sites is 2.